The van der Waals surface area contributed by atoms with E-state index < -0.39 is 5.54 Å². The van der Waals surface area contributed by atoms with Gasteiger partial charge in [0.15, 0.2) is 0 Å². The van der Waals surface area contributed by atoms with E-state index in [9.17, 15) is 5.26 Å². The molecule has 0 aliphatic carbocycles. The van der Waals surface area contributed by atoms with E-state index in [2.05, 4.69) is 32.2 Å². The summed E-state index contributed by atoms with van der Waals surface area (Å²) in [6, 6.07) is 2.74. The number of nitriles is 1. The third kappa shape index (κ3) is 4.32. The molecule has 0 aromatic rings. The predicted octanol–water partition coefficient (Wildman–Crippen LogP) is 2.18. The average molecular weight is 242 g/mol. The van der Waals surface area contributed by atoms with E-state index in [1.807, 2.05) is 18.7 Å². The van der Waals surface area contributed by atoms with Gasteiger partial charge in [-0.25, -0.2) is 0 Å². The minimum absolute atomic E-state index is 0.342. The highest BCUT2D eigenvalue weighted by Crippen LogP contribution is 2.28. The molecule has 3 nitrogen and oxygen atoms in total. The van der Waals surface area contributed by atoms with Crippen LogP contribution in [0.3, 0.4) is 0 Å². The molecule has 0 saturated carbocycles. The van der Waals surface area contributed by atoms with E-state index in [1.165, 1.54) is 0 Å². The molecule has 92 valence electrons. The molecule has 0 amide bonds. The molecule has 1 rings (SSSR count). The Balaban J connectivity index is 2.38. The lowest BCUT2D eigenvalue weighted by Crippen LogP contribution is -2.47. The van der Waals surface area contributed by atoms with Crippen LogP contribution in [-0.4, -0.2) is 35.3 Å². The van der Waals surface area contributed by atoms with E-state index in [1.54, 1.807) is 0 Å². The lowest BCUT2D eigenvalue weighted by atomic mass is 9.97. The third-order valence-electron chi connectivity index (χ3n) is 2.58. The monoisotopic (exact) mass is 242 g/mol. The summed E-state index contributed by atoms with van der Waals surface area (Å²) < 4.78 is 5.16. The van der Waals surface area contributed by atoms with Crippen molar-refractivity contribution in [2.75, 3.05) is 13.2 Å². The van der Waals surface area contributed by atoms with Gasteiger partial charge in [-0.15, -0.1) is 0 Å². The number of hydrogen-bond donors (Lipinski definition) is 1. The second-order valence-electron chi connectivity index (χ2n) is 5.05. The van der Waals surface area contributed by atoms with Gasteiger partial charge in [-0.1, -0.05) is 6.92 Å². The zero-order chi connectivity index (χ0) is 12.2. The molecule has 2 unspecified atom stereocenters. The number of thioether (sulfide) groups is 1. The van der Waals surface area contributed by atoms with Crippen molar-refractivity contribution in [2.24, 2.45) is 0 Å². The maximum absolute atomic E-state index is 9.24. The van der Waals surface area contributed by atoms with E-state index in [4.69, 9.17) is 4.74 Å². The van der Waals surface area contributed by atoms with Crippen molar-refractivity contribution >= 4 is 11.8 Å². The van der Waals surface area contributed by atoms with Crippen molar-refractivity contribution < 1.29 is 4.74 Å². The molecule has 1 N–H and O–H groups in total. The SMILES string of the molecule is CC(C)NC(C)(C#N)CC(C)SC1COC1. The van der Waals surface area contributed by atoms with Crippen molar-refractivity contribution in [2.45, 2.75) is 56.2 Å². The number of nitrogens with zero attached hydrogens (tertiary/aromatic N) is 1. The normalized spacial score (nSPS) is 22.2. The lowest BCUT2D eigenvalue weighted by Gasteiger charge is -2.32. The fourth-order valence-electron chi connectivity index (χ4n) is 2.02. The quantitative estimate of drug-likeness (QED) is 0.775. The van der Waals surface area contributed by atoms with Crippen LogP contribution in [0.1, 0.15) is 34.1 Å². The van der Waals surface area contributed by atoms with Gasteiger partial charge in [0, 0.05) is 11.3 Å². The third-order valence-corrected chi connectivity index (χ3v) is 3.87. The molecule has 0 spiro atoms. The van der Waals surface area contributed by atoms with Crippen LogP contribution in [-0.2, 0) is 4.74 Å². The summed E-state index contributed by atoms with van der Waals surface area (Å²) in [7, 11) is 0. The number of nitrogens with one attached hydrogen (secondary N) is 1. The Morgan fingerprint density at radius 1 is 1.50 bits per heavy atom. The molecule has 1 heterocycles. The van der Waals surface area contributed by atoms with Gasteiger partial charge in [-0.05, 0) is 27.2 Å². The van der Waals surface area contributed by atoms with Crippen molar-refractivity contribution in [3.63, 3.8) is 0 Å². The molecule has 0 aromatic carbocycles. The Hall–Kier alpha value is -0.240. The first-order valence-corrected chi connectivity index (χ1v) is 6.81. The van der Waals surface area contributed by atoms with Crippen LogP contribution < -0.4 is 5.32 Å². The summed E-state index contributed by atoms with van der Waals surface area (Å²) in [5, 5.41) is 13.7. The van der Waals surface area contributed by atoms with Crippen LogP contribution in [0.2, 0.25) is 0 Å². The van der Waals surface area contributed by atoms with Gasteiger partial charge in [0.05, 0.1) is 24.5 Å². The van der Waals surface area contributed by atoms with E-state index in [0.717, 1.165) is 19.6 Å². The Kier molecular flexibility index (Phi) is 5.10. The number of rotatable bonds is 6. The second kappa shape index (κ2) is 5.90. The predicted molar refractivity (Wildman–Crippen MR) is 68.6 cm³/mol. The lowest BCUT2D eigenvalue weighted by molar-refractivity contribution is 0.0452. The largest absolute Gasteiger partial charge is 0.379 e. The first-order chi connectivity index (χ1) is 7.45. The summed E-state index contributed by atoms with van der Waals surface area (Å²) in [6.45, 7) is 10.1. The molecule has 0 bridgehead atoms. The highest BCUT2D eigenvalue weighted by atomic mass is 32.2. The van der Waals surface area contributed by atoms with Crippen LogP contribution in [0.15, 0.2) is 0 Å². The topological polar surface area (TPSA) is 45.0 Å². The van der Waals surface area contributed by atoms with Crippen molar-refractivity contribution in [1.82, 2.24) is 5.32 Å². The van der Waals surface area contributed by atoms with Crippen LogP contribution >= 0.6 is 11.8 Å². The van der Waals surface area contributed by atoms with Gasteiger partial charge < -0.3 is 4.74 Å². The Morgan fingerprint density at radius 3 is 2.50 bits per heavy atom. The second-order valence-corrected chi connectivity index (χ2v) is 6.80. The first kappa shape index (κ1) is 13.8. The summed E-state index contributed by atoms with van der Waals surface area (Å²) in [4.78, 5) is 0. The average Bonchev–Trinajstić information content (AvgIpc) is 2.10. The highest BCUT2D eigenvalue weighted by Gasteiger charge is 2.29. The molecule has 2 atom stereocenters. The van der Waals surface area contributed by atoms with Gasteiger partial charge in [0.25, 0.3) is 0 Å². The maximum atomic E-state index is 9.24. The zero-order valence-electron chi connectivity index (χ0n) is 10.6. The van der Waals surface area contributed by atoms with Crippen molar-refractivity contribution in [3.05, 3.63) is 0 Å². The minimum Gasteiger partial charge on any atom is -0.379 e. The van der Waals surface area contributed by atoms with Crippen LogP contribution in [0.5, 0.6) is 0 Å². The maximum Gasteiger partial charge on any atom is 0.105 e. The van der Waals surface area contributed by atoms with Gasteiger partial charge in [0.2, 0.25) is 0 Å². The van der Waals surface area contributed by atoms with E-state index in [-0.39, 0.29) is 0 Å². The molecule has 1 aliphatic rings. The van der Waals surface area contributed by atoms with Gasteiger partial charge >= 0.3 is 0 Å². The Morgan fingerprint density at radius 2 is 2.12 bits per heavy atom. The van der Waals surface area contributed by atoms with Crippen molar-refractivity contribution in [3.8, 4) is 6.07 Å². The number of ether oxygens (including phenoxy) is 1. The minimum atomic E-state index is -0.412. The standard InChI is InChI=1S/C12H22N2OS/c1-9(2)14-12(4,8-13)5-10(3)16-11-6-15-7-11/h9-11,14H,5-7H2,1-4H3. The molecular weight excluding hydrogens is 220 g/mol. The summed E-state index contributed by atoms with van der Waals surface area (Å²) in [5.74, 6) is 0. The van der Waals surface area contributed by atoms with Gasteiger partial charge in [0.1, 0.15) is 5.54 Å². The summed E-state index contributed by atoms with van der Waals surface area (Å²) in [6.07, 6.45) is 0.878. The fraction of sp³-hybridized carbons (Fsp3) is 0.917. The molecule has 1 fully saturated rings. The van der Waals surface area contributed by atoms with Crippen LogP contribution in [0.25, 0.3) is 0 Å². The fourth-order valence-corrected chi connectivity index (χ4v) is 3.45. The Labute approximate surface area is 103 Å². The summed E-state index contributed by atoms with van der Waals surface area (Å²) >= 11 is 1.94. The first-order valence-electron chi connectivity index (χ1n) is 5.87. The Bertz CT molecular complexity index is 260. The molecule has 1 saturated heterocycles. The van der Waals surface area contributed by atoms with E-state index >= 15 is 0 Å². The molecular formula is C12H22N2OS. The summed E-state index contributed by atoms with van der Waals surface area (Å²) in [5.41, 5.74) is -0.412. The molecule has 1 aliphatic heterocycles. The molecule has 0 radical (unpaired) electrons. The van der Waals surface area contributed by atoms with Crippen molar-refractivity contribution in [1.29, 1.82) is 5.26 Å². The zero-order valence-corrected chi connectivity index (χ0v) is 11.4. The number of hydrogen-bond acceptors (Lipinski definition) is 4. The highest BCUT2D eigenvalue weighted by molar-refractivity contribution is 8.00. The van der Waals surface area contributed by atoms with Crippen LogP contribution in [0, 0.1) is 11.3 Å². The van der Waals surface area contributed by atoms with E-state index in [0.29, 0.717) is 16.5 Å². The van der Waals surface area contributed by atoms with Gasteiger partial charge in [-0.3, -0.25) is 5.32 Å². The molecule has 0 aromatic heterocycles. The smallest absolute Gasteiger partial charge is 0.105 e. The van der Waals surface area contributed by atoms with Crippen LogP contribution in [0.4, 0.5) is 0 Å². The molecule has 4 heteroatoms. The molecule has 16 heavy (non-hydrogen) atoms. The van der Waals surface area contributed by atoms with Gasteiger partial charge in [-0.2, -0.15) is 17.0 Å².